The van der Waals surface area contributed by atoms with Crippen LogP contribution in [0.2, 0.25) is 0 Å². The van der Waals surface area contributed by atoms with Gasteiger partial charge in [0.05, 0.1) is 6.10 Å². The SMILES string of the molecule is CC1=C(O)C(=O)[C@H]2C(C)(C)CC[C@@H]3O[C@H](O)[C@H]1[C@@]32C. The zero-order chi connectivity index (χ0) is 14.2. The molecule has 4 heteroatoms. The first-order chi connectivity index (χ1) is 8.71. The Bertz CT molecular complexity index is 479. The van der Waals surface area contributed by atoms with Crippen LogP contribution in [0.15, 0.2) is 11.3 Å². The topological polar surface area (TPSA) is 66.8 Å². The lowest BCUT2D eigenvalue weighted by atomic mass is 9.48. The Morgan fingerprint density at radius 3 is 2.58 bits per heavy atom. The average molecular weight is 266 g/mol. The third-order valence-corrected chi connectivity index (χ3v) is 5.74. The molecule has 2 fully saturated rings. The van der Waals surface area contributed by atoms with Gasteiger partial charge < -0.3 is 14.9 Å². The van der Waals surface area contributed by atoms with Gasteiger partial charge >= 0.3 is 0 Å². The summed E-state index contributed by atoms with van der Waals surface area (Å²) >= 11 is 0. The molecule has 19 heavy (non-hydrogen) atoms. The van der Waals surface area contributed by atoms with Crippen molar-refractivity contribution in [2.75, 3.05) is 0 Å². The van der Waals surface area contributed by atoms with Gasteiger partial charge in [0.2, 0.25) is 5.78 Å². The van der Waals surface area contributed by atoms with Crippen molar-refractivity contribution in [3.8, 4) is 0 Å². The van der Waals surface area contributed by atoms with E-state index >= 15 is 0 Å². The van der Waals surface area contributed by atoms with Crippen molar-refractivity contribution in [1.82, 2.24) is 0 Å². The highest BCUT2D eigenvalue weighted by Crippen LogP contribution is 2.64. The number of carbonyl (C=O) groups excluding carboxylic acids is 1. The number of hydrogen-bond donors (Lipinski definition) is 2. The highest BCUT2D eigenvalue weighted by atomic mass is 16.6. The molecule has 0 aromatic carbocycles. The summed E-state index contributed by atoms with van der Waals surface area (Å²) in [6.45, 7) is 7.92. The number of Topliss-reactive ketones (excluding diaryl/α,β-unsaturated/α-hetero) is 1. The Balaban J connectivity index is 2.23. The molecule has 0 bridgehead atoms. The lowest BCUT2D eigenvalue weighted by Gasteiger charge is -2.54. The Labute approximate surface area is 113 Å². The summed E-state index contributed by atoms with van der Waals surface area (Å²) in [5.74, 6) is -0.904. The van der Waals surface area contributed by atoms with E-state index < -0.39 is 11.7 Å². The van der Waals surface area contributed by atoms with Gasteiger partial charge in [0, 0.05) is 17.3 Å². The van der Waals surface area contributed by atoms with Crippen molar-refractivity contribution >= 4 is 5.78 Å². The quantitative estimate of drug-likeness (QED) is 0.705. The van der Waals surface area contributed by atoms with E-state index in [0.29, 0.717) is 5.57 Å². The molecule has 1 aliphatic heterocycles. The molecule has 0 unspecified atom stereocenters. The van der Waals surface area contributed by atoms with Crippen LogP contribution in [0.1, 0.15) is 40.5 Å². The van der Waals surface area contributed by atoms with Crippen LogP contribution in [-0.4, -0.2) is 28.4 Å². The van der Waals surface area contributed by atoms with E-state index in [4.69, 9.17) is 4.74 Å². The van der Waals surface area contributed by atoms with Gasteiger partial charge in [-0.15, -0.1) is 0 Å². The molecule has 0 amide bonds. The second kappa shape index (κ2) is 3.61. The molecule has 5 atom stereocenters. The van der Waals surface area contributed by atoms with Crippen molar-refractivity contribution < 1.29 is 19.7 Å². The number of hydrogen-bond acceptors (Lipinski definition) is 4. The van der Waals surface area contributed by atoms with Gasteiger partial charge in [0.1, 0.15) is 0 Å². The lowest BCUT2D eigenvalue weighted by molar-refractivity contribution is -0.147. The van der Waals surface area contributed by atoms with E-state index in [1.165, 1.54) is 0 Å². The van der Waals surface area contributed by atoms with Crippen LogP contribution < -0.4 is 0 Å². The number of aliphatic hydroxyl groups excluding tert-OH is 2. The Morgan fingerprint density at radius 1 is 1.32 bits per heavy atom. The fourth-order valence-corrected chi connectivity index (χ4v) is 4.93. The molecule has 1 saturated carbocycles. The average Bonchev–Trinajstić information content (AvgIpc) is 2.55. The largest absolute Gasteiger partial charge is 0.504 e. The smallest absolute Gasteiger partial charge is 0.201 e. The van der Waals surface area contributed by atoms with Crippen LogP contribution >= 0.6 is 0 Å². The number of allylic oxidation sites excluding steroid dienone is 1. The first-order valence-electron chi connectivity index (χ1n) is 6.98. The standard InChI is InChI=1S/C15H22O4/c1-7-9-13(18)19-8-5-6-14(2,3)12(15(8,9)4)11(17)10(7)16/h8-9,12-13,16,18H,5-6H2,1-4H3/t8-,9-,12-,13-,15+/m0/s1. The van der Waals surface area contributed by atoms with Crippen molar-refractivity contribution in [3.63, 3.8) is 0 Å². The normalized spacial score (nSPS) is 48.4. The number of aliphatic hydroxyl groups is 2. The fourth-order valence-electron chi connectivity index (χ4n) is 4.93. The summed E-state index contributed by atoms with van der Waals surface area (Å²) in [6.07, 6.45) is 0.712. The van der Waals surface area contributed by atoms with Gasteiger partial charge in [-0.05, 0) is 30.8 Å². The van der Waals surface area contributed by atoms with E-state index in [9.17, 15) is 15.0 Å². The summed E-state index contributed by atoms with van der Waals surface area (Å²) < 4.78 is 5.70. The maximum Gasteiger partial charge on any atom is 0.201 e. The van der Waals surface area contributed by atoms with Gasteiger partial charge in [0.15, 0.2) is 12.0 Å². The molecule has 3 aliphatic rings. The van der Waals surface area contributed by atoms with Crippen LogP contribution in [-0.2, 0) is 9.53 Å². The number of carbonyl (C=O) groups is 1. The number of rotatable bonds is 0. The minimum Gasteiger partial charge on any atom is -0.504 e. The van der Waals surface area contributed by atoms with Crippen molar-refractivity contribution in [2.24, 2.45) is 22.7 Å². The van der Waals surface area contributed by atoms with Gasteiger partial charge in [0.25, 0.3) is 0 Å². The van der Waals surface area contributed by atoms with Crippen molar-refractivity contribution in [2.45, 2.75) is 52.9 Å². The second-order valence-electron chi connectivity index (χ2n) is 7.22. The van der Waals surface area contributed by atoms with Crippen LogP contribution in [0.5, 0.6) is 0 Å². The van der Waals surface area contributed by atoms with Crippen LogP contribution in [0.4, 0.5) is 0 Å². The highest BCUT2D eigenvalue weighted by molar-refractivity contribution is 5.98. The summed E-state index contributed by atoms with van der Waals surface area (Å²) in [5.41, 5.74) is -0.00602. The monoisotopic (exact) mass is 266 g/mol. The molecule has 0 aromatic heterocycles. The molecule has 1 heterocycles. The summed E-state index contributed by atoms with van der Waals surface area (Å²) in [4.78, 5) is 12.6. The molecular formula is C15H22O4. The van der Waals surface area contributed by atoms with E-state index in [-0.39, 0.29) is 34.9 Å². The molecule has 3 rings (SSSR count). The molecule has 106 valence electrons. The van der Waals surface area contributed by atoms with Crippen LogP contribution in [0.3, 0.4) is 0 Å². The van der Waals surface area contributed by atoms with E-state index in [2.05, 4.69) is 13.8 Å². The van der Waals surface area contributed by atoms with Gasteiger partial charge in [-0.2, -0.15) is 0 Å². The van der Waals surface area contributed by atoms with Gasteiger partial charge in [-0.3, -0.25) is 4.79 Å². The zero-order valence-corrected chi connectivity index (χ0v) is 11.9. The Hall–Kier alpha value is -0.870. The minimum absolute atomic E-state index is 0.0995. The van der Waals surface area contributed by atoms with Crippen molar-refractivity contribution in [1.29, 1.82) is 0 Å². The Morgan fingerprint density at radius 2 is 1.95 bits per heavy atom. The van der Waals surface area contributed by atoms with Crippen LogP contribution in [0, 0.1) is 22.7 Å². The fraction of sp³-hybridized carbons (Fsp3) is 0.800. The maximum atomic E-state index is 12.6. The molecule has 0 radical (unpaired) electrons. The molecule has 1 saturated heterocycles. The summed E-state index contributed by atoms with van der Waals surface area (Å²) in [5, 5.41) is 20.3. The molecule has 4 nitrogen and oxygen atoms in total. The van der Waals surface area contributed by atoms with Gasteiger partial charge in [-0.25, -0.2) is 0 Å². The molecular weight excluding hydrogens is 244 g/mol. The van der Waals surface area contributed by atoms with E-state index in [1.54, 1.807) is 6.92 Å². The van der Waals surface area contributed by atoms with Crippen LogP contribution in [0.25, 0.3) is 0 Å². The molecule has 2 N–H and O–H groups in total. The Kier molecular flexibility index (Phi) is 2.50. The van der Waals surface area contributed by atoms with Crippen molar-refractivity contribution in [3.05, 3.63) is 11.3 Å². The molecule has 2 aliphatic carbocycles. The van der Waals surface area contributed by atoms with E-state index in [0.717, 1.165) is 12.8 Å². The maximum absolute atomic E-state index is 12.6. The van der Waals surface area contributed by atoms with Gasteiger partial charge in [-0.1, -0.05) is 20.8 Å². The first-order valence-corrected chi connectivity index (χ1v) is 6.98. The molecule has 0 spiro atoms. The summed E-state index contributed by atoms with van der Waals surface area (Å²) in [6, 6.07) is 0. The zero-order valence-electron chi connectivity index (χ0n) is 11.9. The van der Waals surface area contributed by atoms with E-state index in [1.807, 2.05) is 6.92 Å². The predicted molar refractivity (Wildman–Crippen MR) is 69.3 cm³/mol. The third-order valence-electron chi connectivity index (χ3n) is 5.74. The minimum atomic E-state index is -0.915. The lowest BCUT2D eigenvalue weighted by Crippen LogP contribution is -2.57. The second-order valence-corrected chi connectivity index (χ2v) is 7.22. The highest BCUT2D eigenvalue weighted by Gasteiger charge is 2.67. The predicted octanol–water partition coefficient (Wildman–Crippen LogP) is 2.18. The number of ketones is 1. The first kappa shape index (κ1) is 13.1. The number of ether oxygens (including phenoxy) is 1. The molecule has 0 aromatic rings. The summed E-state index contributed by atoms with van der Waals surface area (Å²) in [7, 11) is 0. The third kappa shape index (κ3) is 1.39.